The molecule has 96 valence electrons. The number of hydrogen-bond acceptors (Lipinski definition) is 3. The fourth-order valence-electron chi connectivity index (χ4n) is 2.08. The summed E-state index contributed by atoms with van der Waals surface area (Å²) in [6.45, 7) is 9.10. The highest BCUT2D eigenvalue weighted by Gasteiger charge is 2.30. The summed E-state index contributed by atoms with van der Waals surface area (Å²) in [5.41, 5.74) is 2.07. The van der Waals surface area contributed by atoms with Crippen molar-refractivity contribution in [2.24, 2.45) is 0 Å². The Morgan fingerprint density at radius 2 is 1.71 bits per heavy atom. The van der Waals surface area contributed by atoms with Crippen molar-refractivity contribution in [2.75, 3.05) is 20.3 Å². The number of ether oxygens (including phenoxy) is 3. The maximum atomic E-state index is 5.76. The van der Waals surface area contributed by atoms with Gasteiger partial charge in [-0.2, -0.15) is 0 Å². The summed E-state index contributed by atoms with van der Waals surface area (Å²) in [5.74, 6) is 0.149. The van der Waals surface area contributed by atoms with E-state index in [1.807, 2.05) is 45.9 Å². The molecule has 1 aromatic rings. The molecule has 0 saturated heterocycles. The van der Waals surface area contributed by atoms with Gasteiger partial charge in [-0.05, 0) is 39.3 Å². The summed E-state index contributed by atoms with van der Waals surface area (Å²) in [6, 6.07) is 5.91. The van der Waals surface area contributed by atoms with E-state index in [4.69, 9.17) is 14.2 Å². The smallest absolute Gasteiger partial charge is 0.192 e. The molecule has 0 amide bonds. The van der Waals surface area contributed by atoms with Crippen LogP contribution < -0.4 is 4.74 Å². The number of benzene rings is 1. The van der Waals surface area contributed by atoms with Gasteiger partial charge < -0.3 is 14.2 Å². The van der Waals surface area contributed by atoms with Gasteiger partial charge in [0, 0.05) is 18.8 Å². The molecule has 0 aliphatic heterocycles. The van der Waals surface area contributed by atoms with Gasteiger partial charge >= 0.3 is 0 Å². The fourth-order valence-corrected chi connectivity index (χ4v) is 2.08. The van der Waals surface area contributed by atoms with Gasteiger partial charge in [-0.15, -0.1) is 0 Å². The highest BCUT2D eigenvalue weighted by Crippen LogP contribution is 2.33. The van der Waals surface area contributed by atoms with Crippen molar-refractivity contribution in [1.82, 2.24) is 0 Å². The second-order valence-electron chi connectivity index (χ2n) is 3.94. The third kappa shape index (κ3) is 2.99. The highest BCUT2D eigenvalue weighted by atomic mass is 16.7. The predicted molar refractivity (Wildman–Crippen MR) is 68.3 cm³/mol. The Labute approximate surface area is 104 Å². The third-order valence-corrected chi connectivity index (χ3v) is 2.83. The quantitative estimate of drug-likeness (QED) is 0.712. The molecule has 0 N–H and O–H groups in total. The molecule has 3 heteroatoms. The first kappa shape index (κ1) is 14.0. The zero-order valence-corrected chi connectivity index (χ0v) is 11.4. The molecular weight excluding hydrogens is 216 g/mol. The molecule has 0 aromatic heterocycles. The summed E-state index contributed by atoms with van der Waals surface area (Å²) < 4.78 is 16.8. The number of hydrogen-bond donors (Lipinski definition) is 0. The lowest BCUT2D eigenvalue weighted by molar-refractivity contribution is -0.230. The summed E-state index contributed by atoms with van der Waals surface area (Å²) in [5, 5.41) is 0. The Balaban J connectivity index is 3.18. The highest BCUT2D eigenvalue weighted by molar-refractivity contribution is 5.41. The van der Waals surface area contributed by atoms with E-state index in [-0.39, 0.29) is 0 Å². The average molecular weight is 238 g/mol. The number of methoxy groups -OCH3 is 1. The van der Waals surface area contributed by atoms with Crippen LogP contribution in [0.4, 0.5) is 0 Å². The summed E-state index contributed by atoms with van der Waals surface area (Å²) >= 11 is 0. The molecular formula is C14H22O3. The Hall–Kier alpha value is -1.06. The van der Waals surface area contributed by atoms with E-state index >= 15 is 0 Å². The molecule has 0 atom stereocenters. The minimum absolute atomic E-state index is 0.604. The van der Waals surface area contributed by atoms with Crippen LogP contribution in [-0.4, -0.2) is 20.3 Å². The molecule has 0 bridgehead atoms. The summed E-state index contributed by atoms with van der Waals surface area (Å²) in [7, 11) is 1.67. The van der Waals surface area contributed by atoms with Crippen LogP contribution in [0.3, 0.4) is 0 Å². The van der Waals surface area contributed by atoms with Crippen molar-refractivity contribution >= 4 is 0 Å². The van der Waals surface area contributed by atoms with Crippen LogP contribution in [-0.2, 0) is 15.3 Å². The second-order valence-corrected chi connectivity index (χ2v) is 3.94. The minimum atomic E-state index is -0.706. The molecule has 0 aliphatic carbocycles. The van der Waals surface area contributed by atoms with Crippen molar-refractivity contribution in [3.63, 3.8) is 0 Å². The molecule has 3 nitrogen and oxygen atoms in total. The van der Waals surface area contributed by atoms with E-state index in [2.05, 4.69) is 0 Å². The van der Waals surface area contributed by atoms with Crippen molar-refractivity contribution < 1.29 is 14.2 Å². The topological polar surface area (TPSA) is 27.7 Å². The van der Waals surface area contributed by atoms with Crippen molar-refractivity contribution in [1.29, 1.82) is 0 Å². The molecule has 17 heavy (non-hydrogen) atoms. The van der Waals surface area contributed by atoms with E-state index in [1.165, 1.54) is 0 Å². The van der Waals surface area contributed by atoms with Gasteiger partial charge in [-0.25, -0.2) is 0 Å². The fraction of sp³-hybridized carbons (Fsp3) is 0.571. The van der Waals surface area contributed by atoms with Crippen molar-refractivity contribution in [3.05, 3.63) is 29.3 Å². The van der Waals surface area contributed by atoms with Crippen LogP contribution in [0, 0.1) is 6.92 Å². The van der Waals surface area contributed by atoms with Crippen molar-refractivity contribution in [2.45, 2.75) is 33.5 Å². The van der Waals surface area contributed by atoms with Crippen LogP contribution in [0.1, 0.15) is 31.9 Å². The average Bonchev–Trinajstić information content (AvgIpc) is 2.30. The molecule has 0 saturated carbocycles. The Kier molecular flexibility index (Phi) is 4.97. The van der Waals surface area contributed by atoms with Gasteiger partial charge in [-0.3, -0.25) is 0 Å². The molecule has 0 spiro atoms. The summed E-state index contributed by atoms with van der Waals surface area (Å²) in [6.07, 6.45) is 0. The maximum Gasteiger partial charge on any atom is 0.192 e. The van der Waals surface area contributed by atoms with Gasteiger partial charge in [0.05, 0.1) is 7.11 Å². The predicted octanol–water partition coefficient (Wildman–Crippen LogP) is 3.25. The van der Waals surface area contributed by atoms with Crippen LogP contribution in [0.5, 0.6) is 5.75 Å². The zero-order chi connectivity index (χ0) is 12.9. The van der Waals surface area contributed by atoms with Gasteiger partial charge in [0.2, 0.25) is 0 Å². The van der Waals surface area contributed by atoms with Gasteiger partial charge in [-0.1, -0.05) is 12.1 Å². The Bertz CT molecular complexity index is 354. The molecule has 0 radical (unpaired) electrons. The molecule has 0 fully saturated rings. The SMILES string of the molecule is CCOC(C)(OCC)c1cccc(OC)c1C. The molecule has 1 rings (SSSR count). The van der Waals surface area contributed by atoms with Crippen LogP contribution in [0.15, 0.2) is 18.2 Å². The first-order chi connectivity index (χ1) is 8.09. The molecule has 0 aliphatic rings. The maximum absolute atomic E-state index is 5.76. The van der Waals surface area contributed by atoms with Gasteiger partial charge in [0.1, 0.15) is 5.75 Å². The molecule has 1 aromatic carbocycles. The lowest BCUT2D eigenvalue weighted by Gasteiger charge is -2.31. The lowest BCUT2D eigenvalue weighted by atomic mass is 10.0. The van der Waals surface area contributed by atoms with Crippen molar-refractivity contribution in [3.8, 4) is 5.75 Å². The van der Waals surface area contributed by atoms with E-state index in [0.717, 1.165) is 16.9 Å². The third-order valence-electron chi connectivity index (χ3n) is 2.83. The second kappa shape index (κ2) is 6.03. The van der Waals surface area contributed by atoms with E-state index < -0.39 is 5.79 Å². The van der Waals surface area contributed by atoms with Crippen LogP contribution >= 0.6 is 0 Å². The van der Waals surface area contributed by atoms with Crippen LogP contribution in [0.2, 0.25) is 0 Å². The van der Waals surface area contributed by atoms with Gasteiger partial charge in [0.25, 0.3) is 0 Å². The monoisotopic (exact) mass is 238 g/mol. The largest absolute Gasteiger partial charge is 0.496 e. The minimum Gasteiger partial charge on any atom is -0.496 e. The lowest BCUT2D eigenvalue weighted by Crippen LogP contribution is -2.30. The number of rotatable bonds is 6. The van der Waals surface area contributed by atoms with Crippen LogP contribution in [0.25, 0.3) is 0 Å². The van der Waals surface area contributed by atoms with E-state index in [1.54, 1.807) is 7.11 Å². The first-order valence-electron chi connectivity index (χ1n) is 6.01. The van der Waals surface area contributed by atoms with E-state index in [0.29, 0.717) is 13.2 Å². The standard InChI is InChI=1S/C14H22O3/c1-6-16-14(4,17-7-2)12-9-8-10-13(15-5)11(12)3/h8-10H,6-7H2,1-5H3. The molecule has 0 unspecified atom stereocenters. The first-order valence-corrected chi connectivity index (χ1v) is 6.01. The zero-order valence-electron chi connectivity index (χ0n) is 11.4. The normalized spacial score (nSPS) is 11.6. The Morgan fingerprint density at radius 3 is 2.18 bits per heavy atom. The molecule has 0 heterocycles. The van der Waals surface area contributed by atoms with Gasteiger partial charge in [0.15, 0.2) is 5.79 Å². The van der Waals surface area contributed by atoms with E-state index in [9.17, 15) is 0 Å². The summed E-state index contributed by atoms with van der Waals surface area (Å²) in [4.78, 5) is 0. The Morgan fingerprint density at radius 1 is 1.12 bits per heavy atom.